The third-order valence-corrected chi connectivity index (χ3v) is 7.23. The van der Waals surface area contributed by atoms with Gasteiger partial charge in [-0.05, 0) is 61.4 Å². The highest BCUT2D eigenvalue weighted by molar-refractivity contribution is 7.89. The van der Waals surface area contributed by atoms with Crippen LogP contribution in [0.3, 0.4) is 0 Å². The molecule has 7 heteroatoms. The van der Waals surface area contributed by atoms with Crippen molar-refractivity contribution >= 4 is 33.0 Å². The maximum Gasteiger partial charge on any atom is 0.267 e. The Kier molecular flexibility index (Phi) is 5.27. The normalized spacial score (nSPS) is 15.9. The summed E-state index contributed by atoms with van der Waals surface area (Å²) in [6.45, 7) is 4.96. The number of hydrogen-bond donors (Lipinski definition) is 1. The molecule has 1 aliphatic rings. The van der Waals surface area contributed by atoms with E-state index in [1.807, 2.05) is 32.0 Å². The molecule has 25 heavy (non-hydrogen) atoms. The van der Waals surface area contributed by atoms with Gasteiger partial charge in [0.1, 0.15) is 9.77 Å². The van der Waals surface area contributed by atoms with Crippen LogP contribution in [0.25, 0.3) is 0 Å². The Morgan fingerprint density at radius 1 is 1.08 bits per heavy atom. The van der Waals surface area contributed by atoms with Gasteiger partial charge in [0.25, 0.3) is 5.91 Å². The fraction of sp³-hybridized carbons (Fsp3) is 0.389. The van der Waals surface area contributed by atoms with Crippen molar-refractivity contribution in [1.29, 1.82) is 0 Å². The topological polar surface area (TPSA) is 66.5 Å². The van der Waals surface area contributed by atoms with Crippen molar-refractivity contribution in [1.82, 2.24) is 4.31 Å². The van der Waals surface area contributed by atoms with Gasteiger partial charge in [0, 0.05) is 18.8 Å². The predicted molar refractivity (Wildman–Crippen MR) is 101 cm³/mol. The lowest BCUT2D eigenvalue weighted by atomic mass is 10.1. The molecule has 2 aromatic rings. The van der Waals surface area contributed by atoms with Gasteiger partial charge in [0.2, 0.25) is 10.0 Å². The monoisotopic (exact) mass is 378 g/mol. The minimum atomic E-state index is -3.62. The maximum atomic E-state index is 12.9. The van der Waals surface area contributed by atoms with Crippen LogP contribution in [0.4, 0.5) is 5.69 Å². The molecular weight excluding hydrogens is 356 g/mol. The van der Waals surface area contributed by atoms with E-state index in [1.165, 1.54) is 10.4 Å². The quantitative estimate of drug-likeness (QED) is 0.880. The maximum absolute atomic E-state index is 12.9. The molecule has 0 atom stereocenters. The summed E-state index contributed by atoms with van der Waals surface area (Å²) in [7, 11) is -3.62. The number of hydrogen-bond acceptors (Lipinski definition) is 4. The fourth-order valence-electron chi connectivity index (χ4n) is 3.15. The lowest BCUT2D eigenvalue weighted by molar-refractivity contribution is 0.102. The van der Waals surface area contributed by atoms with Gasteiger partial charge in [0.05, 0.1) is 0 Å². The van der Waals surface area contributed by atoms with Crippen LogP contribution < -0.4 is 5.32 Å². The van der Waals surface area contributed by atoms with Crippen molar-refractivity contribution in [2.24, 2.45) is 0 Å². The van der Waals surface area contributed by atoms with Crippen LogP contribution in [0.15, 0.2) is 34.5 Å². The van der Waals surface area contributed by atoms with E-state index < -0.39 is 10.0 Å². The van der Waals surface area contributed by atoms with Crippen molar-refractivity contribution in [3.05, 3.63) is 45.6 Å². The van der Waals surface area contributed by atoms with Gasteiger partial charge in [0.15, 0.2) is 0 Å². The first-order valence-electron chi connectivity index (χ1n) is 8.35. The van der Waals surface area contributed by atoms with Gasteiger partial charge in [-0.2, -0.15) is 4.31 Å². The summed E-state index contributed by atoms with van der Waals surface area (Å²) in [6, 6.07) is 7.30. The molecule has 134 valence electrons. The minimum absolute atomic E-state index is 0.112. The Morgan fingerprint density at radius 2 is 1.72 bits per heavy atom. The molecule has 0 unspecified atom stereocenters. The largest absolute Gasteiger partial charge is 0.321 e. The van der Waals surface area contributed by atoms with Crippen molar-refractivity contribution < 1.29 is 13.2 Å². The average molecular weight is 379 g/mol. The number of carbonyl (C=O) groups is 1. The molecule has 0 saturated carbocycles. The van der Waals surface area contributed by atoms with E-state index in [-0.39, 0.29) is 15.7 Å². The molecule has 0 spiro atoms. The Labute approximate surface area is 152 Å². The lowest BCUT2D eigenvalue weighted by Gasteiger charge is -2.25. The number of aryl methyl sites for hydroxylation is 2. The second kappa shape index (κ2) is 7.27. The number of nitrogens with one attached hydrogen (secondary N) is 1. The number of rotatable bonds is 4. The molecule has 1 fully saturated rings. The molecule has 3 rings (SSSR count). The molecular formula is C18H22N2O3S2. The molecule has 1 saturated heterocycles. The highest BCUT2D eigenvalue weighted by Crippen LogP contribution is 2.28. The van der Waals surface area contributed by atoms with Crippen LogP contribution in [0.1, 0.15) is 40.1 Å². The summed E-state index contributed by atoms with van der Waals surface area (Å²) in [4.78, 5) is 13.0. The second-order valence-corrected chi connectivity index (χ2v) is 9.23. The van der Waals surface area contributed by atoms with Crippen LogP contribution in [0.2, 0.25) is 0 Å². The third-order valence-electron chi connectivity index (χ3n) is 4.25. The Hall–Kier alpha value is -1.70. The lowest BCUT2D eigenvalue weighted by Crippen LogP contribution is -2.36. The SMILES string of the molecule is Cc1cc(C)cc(NC(=O)c2sccc2S(=O)(=O)N2CCCCC2)c1. The van der Waals surface area contributed by atoms with Crippen LogP contribution in [-0.2, 0) is 10.0 Å². The molecule has 0 radical (unpaired) electrons. The number of sulfonamides is 1. The number of benzene rings is 1. The van der Waals surface area contributed by atoms with Crippen LogP contribution in [-0.4, -0.2) is 31.7 Å². The zero-order valence-corrected chi connectivity index (χ0v) is 16.0. The molecule has 1 amide bonds. The van der Waals surface area contributed by atoms with E-state index >= 15 is 0 Å². The average Bonchev–Trinajstić information content (AvgIpc) is 3.05. The molecule has 1 aromatic carbocycles. The van der Waals surface area contributed by atoms with E-state index in [0.29, 0.717) is 18.8 Å². The summed E-state index contributed by atoms with van der Waals surface area (Å²) in [6.07, 6.45) is 2.79. The van der Waals surface area contributed by atoms with Crippen LogP contribution in [0, 0.1) is 13.8 Å². The van der Waals surface area contributed by atoms with Crippen molar-refractivity contribution in [3.8, 4) is 0 Å². The summed E-state index contributed by atoms with van der Waals surface area (Å²) >= 11 is 1.16. The second-order valence-electron chi connectivity index (χ2n) is 6.41. The zero-order chi connectivity index (χ0) is 18.0. The molecule has 1 aromatic heterocycles. The first-order valence-corrected chi connectivity index (χ1v) is 10.7. The van der Waals surface area contributed by atoms with Gasteiger partial charge >= 0.3 is 0 Å². The van der Waals surface area contributed by atoms with Gasteiger partial charge in [-0.3, -0.25) is 4.79 Å². The van der Waals surface area contributed by atoms with Gasteiger partial charge < -0.3 is 5.32 Å². The van der Waals surface area contributed by atoms with Crippen LogP contribution >= 0.6 is 11.3 Å². The number of nitrogens with zero attached hydrogens (tertiary/aromatic N) is 1. The van der Waals surface area contributed by atoms with Crippen LogP contribution in [0.5, 0.6) is 0 Å². The summed E-state index contributed by atoms with van der Waals surface area (Å²) < 4.78 is 27.3. The molecule has 2 heterocycles. The van der Waals surface area contributed by atoms with E-state index in [9.17, 15) is 13.2 Å². The zero-order valence-electron chi connectivity index (χ0n) is 14.4. The van der Waals surface area contributed by atoms with Crippen molar-refractivity contribution in [2.45, 2.75) is 38.0 Å². The standard InChI is InChI=1S/C18H22N2O3S2/c1-13-10-14(2)12-15(11-13)19-18(21)17-16(6-9-24-17)25(22,23)20-7-4-3-5-8-20/h6,9-12H,3-5,7-8H2,1-2H3,(H,19,21). The molecule has 1 aliphatic heterocycles. The van der Waals surface area contributed by atoms with E-state index in [4.69, 9.17) is 0 Å². The van der Waals surface area contributed by atoms with Gasteiger partial charge in [-0.1, -0.05) is 12.5 Å². The Balaban J connectivity index is 1.86. The predicted octanol–water partition coefficient (Wildman–Crippen LogP) is 3.79. The van der Waals surface area contributed by atoms with Gasteiger partial charge in [-0.15, -0.1) is 11.3 Å². The minimum Gasteiger partial charge on any atom is -0.321 e. The van der Waals surface area contributed by atoms with Crippen molar-refractivity contribution in [2.75, 3.05) is 18.4 Å². The number of amides is 1. The fourth-order valence-corrected chi connectivity index (χ4v) is 5.96. The van der Waals surface area contributed by atoms with E-state index in [0.717, 1.165) is 41.7 Å². The highest BCUT2D eigenvalue weighted by atomic mass is 32.2. The summed E-state index contributed by atoms with van der Waals surface area (Å²) in [5, 5.41) is 4.49. The van der Waals surface area contributed by atoms with Crippen molar-refractivity contribution in [3.63, 3.8) is 0 Å². The molecule has 0 aliphatic carbocycles. The number of piperidine rings is 1. The Bertz CT molecular complexity index is 861. The van der Waals surface area contributed by atoms with E-state index in [2.05, 4.69) is 5.32 Å². The van der Waals surface area contributed by atoms with E-state index in [1.54, 1.807) is 5.38 Å². The van der Waals surface area contributed by atoms with Gasteiger partial charge in [-0.25, -0.2) is 8.42 Å². The molecule has 5 nitrogen and oxygen atoms in total. The first-order chi connectivity index (χ1) is 11.9. The third kappa shape index (κ3) is 3.94. The highest BCUT2D eigenvalue weighted by Gasteiger charge is 2.31. The smallest absolute Gasteiger partial charge is 0.267 e. The molecule has 1 N–H and O–H groups in total. The Morgan fingerprint density at radius 3 is 2.36 bits per heavy atom. The number of thiophene rings is 1. The summed E-state index contributed by atoms with van der Waals surface area (Å²) in [5.41, 5.74) is 2.77. The molecule has 0 bridgehead atoms. The number of carbonyl (C=O) groups excluding carboxylic acids is 1. The summed E-state index contributed by atoms with van der Waals surface area (Å²) in [5.74, 6) is -0.379. The number of anilines is 1. The first kappa shape index (κ1) is 18.1.